The van der Waals surface area contributed by atoms with Gasteiger partial charge in [0.1, 0.15) is 0 Å². The van der Waals surface area contributed by atoms with Gasteiger partial charge in [0, 0.05) is 32.8 Å². The van der Waals surface area contributed by atoms with Crippen molar-refractivity contribution in [2.75, 3.05) is 26.7 Å². The maximum Gasteiger partial charge on any atom is 0.0595 e. The van der Waals surface area contributed by atoms with Crippen LogP contribution in [0, 0.1) is 0 Å². The Kier molecular flexibility index (Phi) is 5.37. The first kappa shape index (κ1) is 14.5. The average molecular weight is 262 g/mol. The maximum absolute atomic E-state index is 6.00. The highest BCUT2D eigenvalue weighted by molar-refractivity contribution is 5.25. The van der Waals surface area contributed by atoms with E-state index in [2.05, 4.69) is 36.1 Å². The first-order chi connectivity index (χ1) is 9.28. The van der Waals surface area contributed by atoms with E-state index in [0.717, 1.165) is 32.4 Å². The third kappa shape index (κ3) is 3.56. The molecule has 19 heavy (non-hydrogen) atoms. The van der Waals surface area contributed by atoms with E-state index in [1.807, 2.05) is 7.11 Å². The molecular formula is C16H26N2O. The summed E-state index contributed by atoms with van der Waals surface area (Å²) in [7, 11) is 1.81. The fraction of sp³-hybridized carbons (Fsp3) is 0.625. The Balaban J connectivity index is 2.03. The van der Waals surface area contributed by atoms with E-state index < -0.39 is 0 Å². The Hall–Kier alpha value is -0.900. The highest BCUT2D eigenvalue weighted by Gasteiger charge is 2.25. The van der Waals surface area contributed by atoms with E-state index in [1.54, 1.807) is 0 Å². The summed E-state index contributed by atoms with van der Waals surface area (Å²) in [4.78, 5) is 2.50. The number of nitrogens with zero attached hydrogens (tertiary/aromatic N) is 1. The Bertz CT molecular complexity index is 369. The number of nitrogens with two attached hydrogens (primary N) is 1. The zero-order valence-electron chi connectivity index (χ0n) is 12.1. The number of piperidine rings is 1. The van der Waals surface area contributed by atoms with Crippen molar-refractivity contribution in [3.63, 3.8) is 0 Å². The minimum Gasteiger partial charge on any atom is -0.381 e. The quantitative estimate of drug-likeness (QED) is 0.885. The molecule has 1 aromatic rings. The summed E-state index contributed by atoms with van der Waals surface area (Å²) < 4.78 is 5.43. The van der Waals surface area contributed by atoms with Gasteiger partial charge in [-0.15, -0.1) is 0 Å². The van der Waals surface area contributed by atoms with Crippen molar-refractivity contribution in [3.8, 4) is 0 Å². The molecule has 1 aromatic carbocycles. The molecule has 2 rings (SSSR count). The molecular weight excluding hydrogens is 236 g/mol. The standard InChI is InChI=1S/C16H26N2O/c1-3-13-4-6-14(7-5-13)16(12-17)18-10-8-15(19-2)9-11-18/h4-7,15-16H,3,8-12,17H2,1-2H3. The fourth-order valence-corrected chi connectivity index (χ4v) is 2.89. The predicted molar refractivity (Wildman–Crippen MR) is 79.2 cm³/mol. The Labute approximate surface area is 116 Å². The van der Waals surface area contributed by atoms with E-state index in [1.165, 1.54) is 11.1 Å². The van der Waals surface area contributed by atoms with Crippen molar-refractivity contribution in [1.29, 1.82) is 0 Å². The van der Waals surface area contributed by atoms with Gasteiger partial charge in [-0.05, 0) is 30.4 Å². The molecule has 1 fully saturated rings. The van der Waals surface area contributed by atoms with E-state index in [9.17, 15) is 0 Å². The highest BCUT2D eigenvalue weighted by Crippen LogP contribution is 2.25. The second-order valence-electron chi connectivity index (χ2n) is 5.32. The van der Waals surface area contributed by atoms with Crippen molar-refractivity contribution in [3.05, 3.63) is 35.4 Å². The second kappa shape index (κ2) is 7.04. The lowest BCUT2D eigenvalue weighted by Crippen LogP contribution is -2.41. The first-order valence-electron chi connectivity index (χ1n) is 7.34. The van der Waals surface area contributed by atoms with Gasteiger partial charge in [-0.1, -0.05) is 31.2 Å². The summed E-state index contributed by atoms with van der Waals surface area (Å²) in [6.45, 7) is 5.03. The van der Waals surface area contributed by atoms with Gasteiger partial charge in [-0.3, -0.25) is 4.90 Å². The normalized spacial score (nSPS) is 19.5. The molecule has 1 aliphatic heterocycles. The predicted octanol–water partition coefficient (Wildman–Crippen LogP) is 2.36. The van der Waals surface area contributed by atoms with Crippen LogP contribution in [0.4, 0.5) is 0 Å². The molecule has 1 heterocycles. The van der Waals surface area contributed by atoms with Gasteiger partial charge in [0.2, 0.25) is 0 Å². The number of likely N-dealkylation sites (tertiary alicyclic amines) is 1. The SMILES string of the molecule is CCc1ccc(C(CN)N2CCC(OC)CC2)cc1. The molecule has 0 saturated carbocycles. The van der Waals surface area contributed by atoms with Crippen LogP contribution in [-0.2, 0) is 11.2 Å². The molecule has 0 aromatic heterocycles. The Morgan fingerprint density at radius 2 is 1.89 bits per heavy atom. The van der Waals surface area contributed by atoms with Gasteiger partial charge < -0.3 is 10.5 Å². The zero-order valence-corrected chi connectivity index (χ0v) is 12.1. The topological polar surface area (TPSA) is 38.5 Å². The summed E-state index contributed by atoms with van der Waals surface area (Å²) in [5, 5.41) is 0. The molecule has 1 unspecified atom stereocenters. The van der Waals surface area contributed by atoms with E-state index >= 15 is 0 Å². The molecule has 0 spiro atoms. The van der Waals surface area contributed by atoms with Crippen LogP contribution in [0.25, 0.3) is 0 Å². The molecule has 0 amide bonds. The summed E-state index contributed by atoms with van der Waals surface area (Å²) in [5.41, 5.74) is 8.73. The van der Waals surface area contributed by atoms with Crippen LogP contribution >= 0.6 is 0 Å². The monoisotopic (exact) mass is 262 g/mol. The smallest absolute Gasteiger partial charge is 0.0595 e. The molecule has 0 radical (unpaired) electrons. The third-order valence-corrected chi connectivity index (χ3v) is 4.25. The molecule has 106 valence electrons. The van der Waals surface area contributed by atoms with Crippen LogP contribution in [0.3, 0.4) is 0 Å². The lowest BCUT2D eigenvalue weighted by molar-refractivity contribution is 0.0280. The van der Waals surface area contributed by atoms with Crippen LogP contribution in [0.15, 0.2) is 24.3 Å². The van der Waals surface area contributed by atoms with Gasteiger partial charge in [0.25, 0.3) is 0 Å². The molecule has 2 N–H and O–H groups in total. The lowest BCUT2D eigenvalue weighted by Gasteiger charge is -2.37. The molecule has 0 bridgehead atoms. The molecule has 1 saturated heterocycles. The van der Waals surface area contributed by atoms with Gasteiger partial charge in [0.05, 0.1) is 6.10 Å². The number of aryl methyl sites for hydroxylation is 1. The molecule has 3 heteroatoms. The highest BCUT2D eigenvalue weighted by atomic mass is 16.5. The van der Waals surface area contributed by atoms with Crippen LogP contribution in [0.2, 0.25) is 0 Å². The number of benzene rings is 1. The minimum absolute atomic E-state index is 0.351. The summed E-state index contributed by atoms with van der Waals surface area (Å²) in [6, 6.07) is 9.26. The second-order valence-corrected chi connectivity index (χ2v) is 5.32. The largest absolute Gasteiger partial charge is 0.381 e. The van der Waals surface area contributed by atoms with Gasteiger partial charge in [-0.25, -0.2) is 0 Å². The molecule has 1 aliphatic rings. The van der Waals surface area contributed by atoms with Crippen molar-refractivity contribution < 1.29 is 4.74 Å². The maximum atomic E-state index is 6.00. The Morgan fingerprint density at radius 1 is 1.26 bits per heavy atom. The summed E-state index contributed by atoms with van der Waals surface area (Å²) in [5.74, 6) is 0. The average Bonchev–Trinajstić information content (AvgIpc) is 2.49. The first-order valence-corrected chi connectivity index (χ1v) is 7.34. The van der Waals surface area contributed by atoms with Crippen LogP contribution in [0.5, 0.6) is 0 Å². The van der Waals surface area contributed by atoms with E-state index in [0.29, 0.717) is 18.7 Å². The van der Waals surface area contributed by atoms with E-state index in [4.69, 9.17) is 10.5 Å². The zero-order chi connectivity index (χ0) is 13.7. The van der Waals surface area contributed by atoms with E-state index in [-0.39, 0.29) is 0 Å². The fourth-order valence-electron chi connectivity index (χ4n) is 2.89. The lowest BCUT2D eigenvalue weighted by atomic mass is 9.99. The van der Waals surface area contributed by atoms with Crippen LogP contribution in [0.1, 0.15) is 36.9 Å². The van der Waals surface area contributed by atoms with Gasteiger partial charge >= 0.3 is 0 Å². The molecule has 1 atom stereocenters. The van der Waals surface area contributed by atoms with Crippen LogP contribution < -0.4 is 5.73 Å². The number of ether oxygens (including phenoxy) is 1. The van der Waals surface area contributed by atoms with Gasteiger partial charge in [0.15, 0.2) is 0 Å². The van der Waals surface area contributed by atoms with Crippen molar-refractivity contribution in [1.82, 2.24) is 4.90 Å². The number of rotatable bonds is 5. The Morgan fingerprint density at radius 3 is 2.37 bits per heavy atom. The van der Waals surface area contributed by atoms with Crippen molar-refractivity contribution >= 4 is 0 Å². The number of methoxy groups -OCH3 is 1. The number of hydrogen-bond donors (Lipinski definition) is 1. The summed E-state index contributed by atoms with van der Waals surface area (Å²) >= 11 is 0. The van der Waals surface area contributed by atoms with Gasteiger partial charge in [-0.2, -0.15) is 0 Å². The molecule has 0 aliphatic carbocycles. The molecule has 3 nitrogen and oxygen atoms in total. The minimum atomic E-state index is 0.351. The third-order valence-electron chi connectivity index (χ3n) is 4.25. The van der Waals surface area contributed by atoms with Crippen molar-refractivity contribution in [2.24, 2.45) is 5.73 Å². The number of hydrogen-bond acceptors (Lipinski definition) is 3. The summed E-state index contributed by atoms with van der Waals surface area (Å²) in [6.07, 6.45) is 3.74. The van der Waals surface area contributed by atoms with Crippen LogP contribution in [-0.4, -0.2) is 37.7 Å². The van der Waals surface area contributed by atoms with Crippen molar-refractivity contribution in [2.45, 2.75) is 38.3 Å².